The molecule has 0 aliphatic carbocycles. The number of nitrogens with zero attached hydrogens (tertiary/aromatic N) is 1. The lowest BCUT2D eigenvalue weighted by Gasteiger charge is -2.30. The molecule has 3 N–H and O–H groups in total. The van der Waals surface area contributed by atoms with Crippen LogP contribution in [0.25, 0.3) is 0 Å². The van der Waals surface area contributed by atoms with Gasteiger partial charge in [-0.3, -0.25) is 19.2 Å². The molecule has 11 nitrogen and oxygen atoms in total. The van der Waals surface area contributed by atoms with Gasteiger partial charge in [0.05, 0.1) is 16.9 Å². The summed E-state index contributed by atoms with van der Waals surface area (Å²) in [5.74, 6) is -0.577. The van der Waals surface area contributed by atoms with Crippen LogP contribution < -0.4 is 24.8 Å². The van der Waals surface area contributed by atoms with Crippen molar-refractivity contribution in [3.8, 4) is 17.2 Å². The standard InChI is InChI=1S/C35H49N3O8/c1-33(2,3)31(42)45-25-17-23(18-26(19-25)46-32(43)34(4,5)6)28(39)20-37-35(7,8)22-36-30(41)27-15-12-16-38(27)29(40)21-44-24-13-10-9-11-14-24/h9-11,13-14,17-19,27-28,37,39H,12,15-16,20-22H2,1-8H3,(H,36,41)/t27-,28?/m0/s1. The zero-order valence-corrected chi connectivity index (χ0v) is 28.3. The lowest BCUT2D eigenvalue weighted by atomic mass is 9.97. The van der Waals surface area contributed by atoms with Crippen LogP contribution in [0.2, 0.25) is 0 Å². The minimum atomic E-state index is -1.07. The Hall–Kier alpha value is -3.96. The quantitative estimate of drug-likeness (QED) is 0.230. The summed E-state index contributed by atoms with van der Waals surface area (Å²) in [6.45, 7) is 14.8. The molecule has 0 spiro atoms. The van der Waals surface area contributed by atoms with Gasteiger partial charge in [-0.15, -0.1) is 0 Å². The van der Waals surface area contributed by atoms with Crippen LogP contribution in [0, 0.1) is 10.8 Å². The van der Waals surface area contributed by atoms with Crippen LogP contribution in [0.3, 0.4) is 0 Å². The first-order valence-electron chi connectivity index (χ1n) is 15.6. The second-order valence-electron chi connectivity index (χ2n) is 14.4. The Morgan fingerprint density at radius 2 is 1.43 bits per heavy atom. The minimum absolute atomic E-state index is 0.0804. The number of rotatable bonds is 12. The van der Waals surface area contributed by atoms with Gasteiger partial charge in [-0.2, -0.15) is 0 Å². The molecule has 11 heteroatoms. The summed E-state index contributed by atoms with van der Waals surface area (Å²) in [6.07, 6.45) is 0.219. The molecule has 1 saturated heterocycles. The molecule has 2 aromatic carbocycles. The predicted molar refractivity (Wildman–Crippen MR) is 173 cm³/mol. The van der Waals surface area contributed by atoms with E-state index in [-0.39, 0.29) is 43.0 Å². The van der Waals surface area contributed by atoms with Gasteiger partial charge in [-0.25, -0.2) is 0 Å². The second-order valence-corrected chi connectivity index (χ2v) is 14.4. The highest BCUT2D eigenvalue weighted by molar-refractivity contribution is 5.88. The Morgan fingerprint density at radius 3 is 1.98 bits per heavy atom. The van der Waals surface area contributed by atoms with E-state index in [4.69, 9.17) is 14.2 Å². The summed E-state index contributed by atoms with van der Waals surface area (Å²) >= 11 is 0. The molecule has 252 valence electrons. The number of benzene rings is 2. The predicted octanol–water partition coefficient (Wildman–Crippen LogP) is 4.18. The van der Waals surface area contributed by atoms with Gasteiger partial charge < -0.3 is 34.9 Å². The number of aliphatic hydroxyl groups excluding tert-OH is 1. The van der Waals surface area contributed by atoms with E-state index in [9.17, 15) is 24.3 Å². The van der Waals surface area contributed by atoms with E-state index >= 15 is 0 Å². The maximum Gasteiger partial charge on any atom is 0.316 e. The highest BCUT2D eigenvalue weighted by Crippen LogP contribution is 2.30. The van der Waals surface area contributed by atoms with Crippen LogP contribution in [0.4, 0.5) is 0 Å². The van der Waals surface area contributed by atoms with Crippen molar-refractivity contribution in [3.63, 3.8) is 0 Å². The van der Waals surface area contributed by atoms with Gasteiger partial charge in [0.2, 0.25) is 5.91 Å². The zero-order valence-electron chi connectivity index (χ0n) is 28.3. The minimum Gasteiger partial charge on any atom is -0.484 e. The van der Waals surface area contributed by atoms with Gasteiger partial charge in [0.15, 0.2) is 6.61 Å². The van der Waals surface area contributed by atoms with Crippen LogP contribution in [0.5, 0.6) is 17.2 Å². The van der Waals surface area contributed by atoms with Crippen molar-refractivity contribution in [1.29, 1.82) is 0 Å². The number of ether oxygens (including phenoxy) is 3. The zero-order chi connectivity index (χ0) is 34.3. The molecule has 1 aliphatic heterocycles. The Morgan fingerprint density at radius 1 is 0.870 bits per heavy atom. The number of esters is 2. The smallest absolute Gasteiger partial charge is 0.316 e. The van der Waals surface area contributed by atoms with Gasteiger partial charge in [0.25, 0.3) is 5.91 Å². The molecular weight excluding hydrogens is 590 g/mol. The first-order valence-corrected chi connectivity index (χ1v) is 15.6. The van der Waals surface area contributed by atoms with Crippen LogP contribution in [-0.4, -0.2) is 71.6 Å². The maximum atomic E-state index is 13.1. The van der Waals surface area contributed by atoms with Crippen molar-refractivity contribution in [1.82, 2.24) is 15.5 Å². The Labute approximate surface area is 272 Å². The van der Waals surface area contributed by atoms with Crippen molar-refractivity contribution < 1.29 is 38.5 Å². The van der Waals surface area contributed by atoms with E-state index in [1.165, 1.54) is 18.2 Å². The molecule has 0 bridgehead atoms. The monoisotopic (exact) mass is 639 g/mol. The highest BCUT2D eigenvalue weighted by atomic mass is 16.5. The maximum absolute atomic E-state index is 13.1. The van der Waals surface area contributed by atoms with Crippen molar-refractivity contribution >= 4 is 23.8 Å². The molecule has 1 aliphatic rings. The number of para-hydroxylation sites is 1. The molecule has 2 amide bonds. The largest absolute Gasteiger partial charge is 0.484 e. The third-order valence-corrected chi connectivity index (χ3v) is 7.39. The van der Waals surface area contributed by atoms with Crippen LogP contribution in [0.15, 0.2) is 48.5 Å². The van der Waals surface area contributed by atoms with E-state index < -0.39 is 40.5 Å². The molecular formula is C35H49N3O8. The summed E-state index contributed by atoms with van der Waals surface area (Å²) < 4.78 is 16.7. The molecule has 3 rings (SSSR count). The van der Waals surface area contributed by atoms with Gasteiger partial charge in [-0.05, 0) is 98.1 Å². The van der Waals surface area contributed by atoms with Crippen molar-refractivity contribution in [2.24, 2.45) is 10.8 Å². The number of β-amino-alcohol motifs (C(OH)–C–C–N with tert-alkyl or cyclic N) is 1. The number of likely N-dealkylation sites (tertiary alicyclic amines) is 1. The van der Waals surface area contributed by atoms with E-state index in [1.807, 2.05) is 32.0 Å². The highest BCUT2D eigenvalue weighted by Gasteiger charge is 2.35. The summed E-state index contributed by atoms with van der Waals surface area (Å²) in [5, 5.41) is 17.3. The van der Waals surface area contributed by atoms with Crippen molar-refractivity contribution in [3.05, 3.63) is 54.1 Å². The Bertz CT molecular complexity index is 1330. The fraction of sp³-hybridized carbons (Fsp3) is 0.543. The number of hydrogen-bond acceptors (Lipinski definition) is 9. The molecule has 1 fully saturated rings. The SMILES string of the molecule is CC(C)(CNC(=O)[C@@H]1CCCN1C(=O)COc1ccccc1)NCC(O)c1cc(OC(=O)C(C)(C)C)cc(OC(=O)C(C)(C)C)c1. The summed E-state index contributed by atoms with van der Waals surface area (Å²) in [5.41, 5.74) is -1.81. The fourth-order valence-corrected chi connectivity index (χ4v) is 4.49. The molecule has 1 unspecified atom stereocenters. The molecule has 1 heterocycles. The van der Waals surface area contributed by atoms with Crippen LogP contribution in [-0.2, 0) is 19.2 Å². The molecule has 0 aromatic heterocycles. The number of carbonyl (C=O) groups excluding carboxylic acids is 4. The van der Waals surface area contributed by atoms with Gasteiger partial charge >= 0.3 is 11.9 Å². The lowest BCUT2D eigenvalue weighted by Crippen LogP contribution is -2.54. The van der Waals surface area contributed by atoms with Gasteiger partial charge in [0.1, 0.15) is 23.3 Å². The molecule has 0 radical (unpaired) electrons. The third kappa shape index (κ3) is 10.8. The lowest BCUT2D eigenvalue weighted by molar-refractivity contribution is -0.143. The molecule has 2 aromatic rings. The molecule has 0 saturated carbocycles. The first kappa shape index (κ1) is 36.5. The topological polar surface area (TPSA) is 144 Å². The number of carbonyl (C=O) groups is 4. The number of nitrogens with one attached hydrogen (secondary N) is 2. The van der Waals surface area contributed by atoms with Gasteiger partial charge in [-0.1, -0.05) is 18.2 Å². The average Bonchev–Trinajstić information content (AvgIpc) is 3.47. The van der Waals surface area contributed by atoms with E-state index in [2.05, 4.69) is 10.6 Å². The van der Waals surface area contributed by atoms with E-state index in [0.717, 1.165) is 6.42 Å². The Kier molecular flexibility index (Phi) is 12.0. The Balaban J connectivity index is 1.61. The molecule has 46 heavy (non-hydrogen) atoms. The normalized spacial score (nSPS) is 16.0. The summed E-state index contributed by atoms with van der Waals surface area (Å²) in [4.78, 5) is 52.7. The van der Waals surface area contributed by atoms with E-state index in [1.54, 1.807) is 58.6 Å². The summed E-state index contributed by atoms with van der Waals surface area (Å²) in [7, 11) is 0. The van der Waals surface area contributed by atoms with Crippen LogP contribution >= 0.6 is 0 Å². The third-order valence-electron chi connectivity index (χ3n) is 7.39. The number of hydrogen-bond donors (Lipinski definition) is 3. The van der Waals surface area contributed by atoms with Crippen molar-refractivity contribution in [2.75, 3.05) is 26.2 Å². The van der Waals surface area contributed by atoms with Crippen molar-refractivity contribution in [2.45, 2.75) is 85.9 Å². The fourth-order valence-electron chi connectivity index (χ4n) is 4.49. The second kappa shape index (κ2) is 15.1. The first-order chi connectivity index (χ1) is 21.4. The van der Waals surface area contributed by atoms with Gasteiger partial charge in [0, 0.05) is 31.2 Å². The average molecular weight is 640 g/mol. The molecule has 2 atom stereocenters. The number of aliphatic hydroxyl groups is 1. The van der Waals surface area contributed by atoms with Crippen LogP contribution in [0.1, 0.15) is 79.9 Å². The number of amides is 2. The van der Waals surface area contributed by atoms with E-state index in [0.29, 0.717) is 24.3 Å². The summed E-state index contributed by atoms with van der Waals surface area (Å²) in [6, 6.07) is 13.0.